The van der Waals surface area contributed by atoms with Crippen LogP contribution in [0.3, 0.4) is 0 Å². The van der Waals surface area contributed by atoms with Gasteiger partial charge in [0.15, 0.2) is 0 Å². The molecule has 0 saturated carbocycles. The fourth-order valence-electron chi connectivity index (χ4n) is 3.73. The summed E-state index contributed by atoms with van der Waals surface area (Å²) in [6.45, 7) is 13.8. The predicted molar refractivity (Wildman–Crippen MR) is 121 cm³/mol. The molecular weight excluding hydrogens is 364 g/mol. The van der Waals surface area contributed by atoms with Gasteiger partial charge in [0.2, 0.25) is 5.91 Å². The van der Waals surface area contributed by atoms with E-state index in [0.717, 1.165) is 63.6 Å². The summed E-state index contributed by atoms with van der Waals surface area (Å²) >= 11 is 0. The van der Waals surface area contributed by atoms with Crippen molar-refractivity contribution in [2.24, 2.45) is 5.92 Å². The molecule has 1 aliphatic rings. The van der Waals surface area contributed by atoms with Crippen molar-refractivity contribution in [3.05, 3.63) is 23.8 Å². The Balaban J connectivity index is 2.16. The summed E-state index contributed by atoms with van der Waals surface area (Å²) in [7, 11) is 0. The number of hydrogen-bond donors (Lipinski definition) is 2. The molecule has 1 fully saturated rings. The van der Waals surface area contributed by atoms with Gasteiger partial charge in [-0.2, -0.15) is 0 Å². The van der Waals surface area contributed by atoms with E-state index in [1.807, 2.05) is 25.1 Å². The fourth-order valence-corrected chi connectivity index (χ4v) is 3.73. The maximum absolute atomic E-state index is 13.0. The molecule has 1 saturated heterocycles. The van der Waals surface area contributed by atoms with Gasteiger partial charge in [-0.15, -0.1) is 0 Å². The molecule has 2 amide bonds. The monoisotopic (exact) mass is 402 g/mol. The Morgan fingerprint density at radius 3 is 2.45 bits per heavy atom. The van der Waals surface area contributed by atoms with Crippen LogP contribution >= 0.6 is 0 Å². The minimum absolute atomic E-state index is 0.0139. The highest BCUT2D eigenvalue weighted by Gasteiger charge is 2.22. The third kappa shape index (κ3) is 7.03. The van der Waals surface area contributed by atoms with Gasteiger partial charge in [0.25, 0.3) is 5.91 Å². The molecule has 0 aliphatic carbocycles. The van der Waals surface area contributed by atoms with Crippen molar-refractivity contribution in [1.82, 2.24) is 10.2 Å². The quantitative estimate of drug-likeness (QED) is 0.626. The van der Waals surface area contributed by atoms with E-state index in [9.17, 15) is 9.59 Å². The molecule has 29 heavy (non-hydrogen) atoms. The molecule has 0 bridgehead atoms. The Bertz CT molecular complexity index is 665. The van der Waals surface area contributed by atoms with Crippen LogP contribution < -0.4 is 15.5 Å². The third-order valence-corrected chi connectivity index (χ3v) is 5.73. The van der Waals surface area contributed by atoms with E-state index in [0.29, 0.717) is 24.2 Å². The summed E-state index contributed by atoms with van der Waals surface area (Å²) in [6.07, 6.45) is 3.56. The molecule has 1 aromatic rings. The van der Waals surface area contributed by atoms with Crippen LogP contribution in [0.1, 0.15) is 63.7 Å². The highest BCUT2D eigenvalue weighted by atomic mass is 16.2. The normalized spacial score (nSPS) is 14.9. The van der Waals surface area contributed by atoms with Crippen LogP contribution in [0, 0.1) is 5.92 Å². The van der Waals surface area contributed by atoms with Gasteiger partial charge in [-0.3, -0.25) is 9.59 Å². The Labute approximate surface area is 176 Å². The molecule has 0 unspecified atom stereocenters. The van der Waals surface area contributed by atoms with Crippen molar-refractivity contribution in [3.8, 4) is 0 Å². The van der Waals surface area contributed by atoms with Crippen molar-refractivity contribution in [2.45, 2.75) is 53.4 Å². The van der Waals surface area contributed by atoms with Crippen molar-refractivity contribution in [3.63, 3.8) is 0 Å². The van der Waals surface area contributed by atoms with Crippen LogP contribution in [-0.4, -0.2) is 56.0 Å². The zero-order valence-electron chi connectivity index (χ0n) is 18.6. The number of nitrogens with zero attached hydrogens (tertiary/aromatic N) is 2. The smallest absolute Gasteiger partial charge is 0.253 e. The lowest BCUT2D eigenvalue weighted by atomic mass is 9.97. The summed E-state index contributed by atoms with van der Waals surface area (Å²) in [5, 5.41) is 5.99. The van der Waals surface area contributed by atoms with Crippen molar-refractivity contribution in [2.75, 3.05) is 49.5 Å². The predicted octanol–water partition coefficient (Wildman–Crippen LogP) is 3.73. The van der Waals surface area contributed by atoms with Crippen LogP contribution in [0.2, 0.25) is 0 Å². The van der Waals surface area contributed by atoms with Crippen LogP contribution in [0.15, 0.2) is 18.2 Å². The van der Waals surface area contributed by atoms with Gasteiger partial charge < -0.3 is 20.4 Å². The Morgan fingerprint density at radius 2 is 1.83 bits per heavy atom. The van der Waals surface area contributed by atoms with Crippen molar-refractivity contribution < 1.29 is 9.59 Å². The minimum atomic E-state index is -0.0719. The number of likely N-dealkylation sites (N-methyl/N-ethyl adjacent to an activating group) is 1. The number of anilines is 2. The zero-order valence-corrected chi connectivity index (χ0v) is 18.6. The maximum atomic E-state index is 13.0. The Morgan fingerprint density at radius 1 is 1.14 bits per heavy atom. The number of nitrogens with one attached hydrogen (secondary N) is 2. The second-order valence-corrected chi connectivity index (χ2v) is 7.98. The largest absolute Gasteiger partial charge is 0.371 e. The van der Waals surface area contributed by atoms with Gasteiger partial charge in [-0.1, -0.05) is 27.7 Å². The van der Waals surface area contributed by atoms with E-state index in [4.69, 9.17) is 0 Å². The van der Waals surface area contributed by atoms with Crippen LogP contribution in [0.4, 0.5) is 11.4 Å². The number of rotatable bonds is 10. The van der Waals surface area contributed by atoms with Gasteiger partial charge in [0, 0.05) is 44.0 Å². The molecule has 2 rings (SSSR count). The zero-order chi connectivity index (χ0) is 21.2. The molecule has 2 N–H and O–H groups in total. The first kappa shape index (κ1) is 23.2. The molecule has 1 aromatic carbocycles. The topological polar surface area (TPSA) is 64.7 Å². The first-order chi connectivity index (χ1) is 14.0. The molecule has 6 heteroatoms. The number of benzene rings is 1. The molecule has 0 spiro atoms. The second-order valence-electron chi connectivity index (χ2n) is 7.98. The number of carbonyl (C=O) groups excluding carboxylic acids is 2. The second kappa shape index (κ2) is 11.8. The number of hydrogen-bond acceptors (Lipinski definition) is 4. The van der Waals surface area contributed by atoms with E-state index < -0.39 is 0 Å². The highest BCUT2D eigenvalue weighted by molar-refractivity contribution is 6.02. The van der Waals surface area contributed by atoms with E-state index in [1.165, 1.54) is 0 Å². The molecule has 0 radical (unpaired) electrons. The van der Waals surface area contributed by atoms with Crippen LogP contribution in [0.25, 0.3) is 0 Å². The highest BCUT2D eigenvalue weighted by Crippen LogP contribution is 2.28. The molecular formula is C23H38N4O2. The third-order valence-electron chi connectivity index (χ3n) is 5.73. The van der Waals surface area contributed by atoms with E-state index in [-0.39, 0.29) is 11.8 Å². The Hall–Kier alpha value is -2.08. The molecule has 162 valence electrons. The number of amides is 2. The summed E-state index contributed by atoms with van der Waals surface area (Å²) in [5.74, 6) is 0.641. The van der Waals surface area contributed by atoms with Gasteiger partial charge in [-0.25, -0.2) is 0 Å². The number of carbonyl (C=O) groups is 2. The number of piperidine rings is 1. The molecule has 1 aliphatic heterocycles. The summed E-state index contributed by atoms with van der Waals surface area (Å²) in [4.78, 5) is 29.6. The lowest BCUT2D eigenvalue weighted by molar-refractivity contribution is -0.116. The van der Waals surface area contributed by atoms with Gasteiger partial charge in [0.1, 0.15) is 0 Å². The van der Waals surface area contributed by atoms with Crippen molar-refractivity contribution >= 4 is 23.2 Å². The van der Waals surface area contributed by atoms with Crippen LogP contribution in [-0.2, 0) is 4.79 Å². The minimum Gasteiger partial charge on any atom is -0.371 e. The standard InChI is InChI=1S/C23H38N4O2/c1-5-8-22(28)25-19-9-10-21(27-14-11-18(4)12-15-27)20(17-19)23(29)24-13-16-26(6-2)7-3/h9-10,17-18H,5-8,11-16H2,1-4H3,(H,24,29)(H,25,28). The van der Waals surface area contributed by atoms with Gasteiger partial charge >= 0.3 is 0 Å². The van der Waals surface area contributed by atoms with E-state index in [1.54, 1.807) is 0 Å². The van der Waals surface area contributed by atoms with Crippen LogP contribution in [0.5, 0.6) is 0 Å². The maximum Gasteiger partial charge on any atom is 0.253 e. The molecule has 0 atom stereocenters. The lowest BCUT2D eigenvalue weighted by Crippen LogP contribution is -2.37. The summed E-state index contributed by atoms with van der Waals surface area (Å²) in [5.41, 5.74) is 2.30. The van der Waals surface area contributed by atoms with Gasteiger partial charge in [-0.05, 0) is 56.5 Å². The SMILES string of the molecule is CCCC(=O)Nc1ccc(N2CCC(C)CC2)c(C(=O)NCCN(CC)CC)c1. The molecule has 0 aromatic heterocycles. The van der Waals surface area contributed by atoms with Crippen molar-refractivity contribution in [1.29, 1.82) is 0 Å². The molecule has 6 nitrogen and oxygen atoms in total. The van der Waals surface area contributed by atoms with E-state index >= 15 is 0 Å². The first-order valence-electron chi connectivity index (χ1n) is 11.2. The average molecular weight is 403 g/mol. The first-order valence-corrected chi connectivity index (χ1v) is 11.2. The van der Waals surface area contributed by atoms with Gasteiger partial charge in [0.05, 0.1) is 5.56 Å². The summed E-state index contributed by atoms with van der Waals surface area (Å²) in [6, 6.07) is 5.72. The Kier molecular flexibility index (Phi) is 9.45. The fraction of sp³-hybridized carbons (Fsp3) is 0.652. The summed E-state index contributed by atoms with van der Waals surface area (Å²) < 4.78 is 0. The average Bonchev–Trinajstić information content (AvgIpc) is 2.72. The molecule has 1 heterocycles. The lowest BCUT2D eigenvalue weighted by Gasteiger charge is -2.33. The van der Waals surface area contributed by atoms with E-state index in [2.05, 4.69) is 41.2 Å².